The van der Waals surface area contributed by atoms with Crippen molar-refractivity contribution in [1.82, 2.24) is 4.90 Å². The molecule has 1 unspecified atom stereocenters. The van der Waals surface area contributed by atoms with Gasteiger partial charge in [0.1, 0.15) is 6.04 Å². The number of methoxy groups -OCH3 is 1. The van der Waals surface area contributed by atoms with E-state index in [2.05, 4.69) is 5.32 Å². The largest absolute Gasteiger partial charge is 0.468 e. The summed E-state index contributed by atoms with van der Waals surface area (Å²) in [6.07, 6.45) is 1.67. The molecule has 0 bridgehead atoms. The van der Waals surface area contributed by atoms with Gasteiger partial charge in [0.25, 0.3) is 0 Å². The maximum absolute atomic E-state index is 12.2. The predicted octanol–water partition coefficient (Wildman–Crippen LogP) is 1.88. The summed E-state index contributed by atoms with van der Waals surface area (Å²) in [6.45, 7) is 4.96. The van der Waals surface area contributed by atoms with Gasteiger partial charge in [-0.15, -0.1) is 0 Å². The van der Waals surface area contributed by atoms with Crippen LogP contribution in [0.25, 0.3) is 0 Å². The summed E-state index contributed by atoms with van der Waals surface area (Å²) < 4.78 is 4.79. The van der Waals surface area contributed by atoms with Crippen LogP contribution in [0, 0.1) is 13.8 Å². The number of nitrogens with zero attached hydrogens (tertiary/aromatic N) is 1. The molecule has 1 aromatic carbocycles. The minimum absolute atomic E-state index is 0.0977. The second-order valence-corrected chi connectivity index (χ2v) is 5.45. The van der Waals surface area contributed by atoms with Crippen molar-refractivity contribution in [2.45, 2.75) is 32.7 Å². The van der Waals surface area contributed by atoms with Gasteiger partial charge in [0.15, 0.2) is 0 Å². The molecule has 1 N–H and O–H groups in total. The van der Waals surface area contributed by atoms with E-state index in [0.717, 1.165) is 36.2 Å². The topological polar surface area (TPSA) is 58.6 Å². The summed E-state index contributed by atoms with van der Waals surface area (Å²) in [5.41, 5.74) is 3.03. The van der Waals surface area contributed by atoms with E-state index in [1.807, 2.05) is 36.9 Å². The van der Waals surface area contributed by atoms with Crippen LogP contribution in [-0.4, -0.2) is 43.0 Å². The van der Waals surface area contributed by atoms with Gasteiger partial charge in [0.05, 0.1) is 13.7 Å². The number of ether oxygens (including phenoxy) is 1. The van der Waals surface area contributed by atoms with Crippen molar-refractivity contribution in [3.63, 3.8) is 0 Å². The second kappa shape index (κ2) is 6.72. The zero-order valence-electron chi connectivity index (χ0n) is 12.8. The van der Waals surface area contributed by atoms with Crippen LogP contribution >= 0.6 is 0 Å². The number of esters is 1. The van der Waals surface area contributed by atoms with E-state index < -0.39 is 0 Å². The number of likely N-dealkylation sites (tertiary alicyclic amines) is 1. The van der Waals surface area contributed by atoms with Crippen molar-refractivity contribution in [3.05, 3.63) is 29.3 Å². The Bertz CT molecular complexity index is 542. The van der Waals surface area contributed by atoms with E-state index in [0.29, 0.717) is 0 Å². The molecule has 0 aromatic heterocycles. The number of aryl methyl sites for hydroxylation is 1. The average molecular weight is 290 g/mol. The molecule has 21 heavy (non-hydrogen) atoms. The summed E-state index contributed by atoms with van der Waals surface area (Å²) in [5, 5.41) is 2.92. The highest BCUT2D eigenvalue weighted by Gasteiger charge is 2.32. The molecule has 1 atom stereocenters. The Morgan fingerprint density at radius 2 is 2.14 bits per heavy atom. The lowest BCUT2D eigenvalue weighted by Gasteiger charge is -2.22. The Morgan fingerprint density at radius 1 is 1.38 bits per heavy atom. The Kier molecular flexibility index (Phi) is 4.96. The molecular weight excluding hydrogens is 268 g/mol. The third-order valence-corrected chi connectivity index (χ3v) is 4.06. The van der Waals surface area contributed by atoms with Crippen molar-refractivity contribution in [2.24, 2.45) is 0 Å². The number of hydrogen-bond acceptors (Lipinski definition) is 4. The molecule has 1 saturated heterocycles. The van der Waals surface area contributed by atoms with Crippen molar-refractivity contribution < 1.29 is 14.3 Å². The van der Waals surface area contributed by atoms with Gasteiger partial charge in [-0.05, 0) is 50.4 Å². The average Bonchev–Trinajstić information content (AvgIpc) is 2.91. The minimum Gasteiger partial charge on any atom is -0.468 e. The molecule has 2 rings (SSSR count). The van der Waals surface area contributed by atoms with E-state index in [1.54, 1.807) is 0 Å². The van der Waals surface area contributed by atoms with Crippen LogP contribution in [0.5, 0.6) is 0 Å². The first-order valence-corrected chi connectivity index (χ1v) is 7.21. The molecule has 1 fully saturated rings. The van der Waals surface area contributed by atoms with Crippen molar-refractivity contribution >= 4 is 17.6 Å². The first kappa shape index (κ1) is 15.5. The first-order valence-electron chi connectivity index (χ1n) is 7.21. The zero-order valence-corrected chi connectivity index (χ0v) is 12.8. The summed E-state index contributed by atoms with van der Waals surface area (Å²) in [5.74, 6) is -0.355. The Balaban J connectivity index is 1.98. The number of hydrogen-bond donors (Lipinski definition) is 1. The van der Waals surface area contributed by atoms with Gasteiger partial charge >= 0.3 is 5.97 Å². The van der Waals surface area contributed by atoms with Crippen LogP contribution in [0.1, 0.15) is 24.0 Å². The fourth-order valence-electron chi connectivity index (χ4n) is 2.68. The van der Waals surface area contributed by atoms with Gasteiger partial charge in [0, 0.05) is 5.69 Å². The quantitative estimate of drug-likeness (QED) is 0.860. The molecule has 0 spiro atoms. The van der Waals surface area contributed by atoms with Crippen LogP contribution in [0.15, 0.2) is 18.2 Å². The smallest absolute Gasteiger partial charge is 0.323 e. The lowest BCUT2D eigenvalue weighted by atomic mass is 10.1. The lowest BCUT2D eigenvalue weighted by Crippen LogP contribution is -2.41. The van der Waals surface area contributed by atoms with Gasteiger partial charge in [-0.2, -0.15) is 0 Å². The van der Waals surface area contributed by atoms with Gasteiger partial charge in [-0.25, -0.2) is 0 Å². The summed E-state index contributed by atoms with van der Waals surface area (Å²) in [6, 6.07) is 5.53. The van der Waals surface area contributed by atoms with E-state index >= 15 is 0 Å². The molecule has 114 valence electrons. The zero-order chi connectivity index (χ0) is 15.4. The lowest BCUT2D eigenvalue weighted by molar-refractivity contribution is -0.146. The number of rotatable bonds is 4. The highest BCUT2D eigenvalue weighted by atomic mass is 16.5. The van der Waals surface area contributed by atoms with E-state index in [1.165, 1.54) is 7.11 Å². The standard InChI is InChI=1S/C16H22N2O3/c1-11-6-4-7-13(12(11)2)17-15(19)10-18-9-5-8-14(18)16(20)21-3/h4,6-7,14H,5,8-10H2,1-3H3,(H,17,19). The summed E-state index contributed by atoms with van der Waals surface area (Å²) in [4.78, 5) is 25.7. The molecule has 1 aliphatic rings. The number of benzene rings is 1. The SMILES string of the molecule is COC(=O)C1CCCN1CC(=O)Nc1cccc(C)c1C. The normalized spacial score (nSPS) is 18.5. The predicted molar refractivity (Wildman–Crippen MR) is 81.2 cm³/mol. The van der Waals surface area contributed by atoms with Crippen molar-refractivity contribution in [2.75, 3.05) is 25.5 Å². The maximum atomic E-state index is 12.2. The van der Waals surface area contributed by atoms with Gasteiger partial charge in [0.2, 0.25) is 5.91 Å². The Labute approximate surface area is 125 Å². The van der Waals surface area contributed by atoms with Gasteiger partial charge in [-0.3, -0.25) is 14.5 Å². The van der Waals surface area contributed by atoms with Crippen molar-refractivity contribution in [1.29, 1.82) is 0 Å². The number of anilines is 1. The number of carbonyl (C=O) groups is 2. The third-order valence-electron chi connectivity index (χ3n) is 4.06. The number of amides is 1. The highest BCUT2D eigenvalue weighted by Crippen LogP contribution is 2.20. The van der Waals surface area contributed by atoms with Gasteiger partial charge < -0.3 is 10.1 Å². The Morgan fingerprint density at radius 3 is 2.86 bits per heavy atom. The molecule has 1 aliphatic heterocycles. The summed E-state index contributed by atoms with van der Waals surface area (Å²) in [7, 11) is 1.38. The first-order chi connectivity index (χ1) is 10.0. The third kappa shape index (κ3) is 3.61. The van der Waals surface area contributed by atoms with E-state index in [4.69, 9.17) is 4.74 Å². The fourth-order valence-corrected chi connectivity index (χ4v) is 2.68. The number of carbonyl (C=O) groups excluding carboxylic acids is 2. The fraction of sp³-hybridized carbons (Fsp3) is 0.500. The van der Waals surface area contributed by atoms with Crippen LogP contribution in [0.2, 0.25) is 0 Å². The number of nitrogens with one attached hydrogen (secondary N) is 1. The van der Waals surface area contributed by atoms with Crippen LogP contribution in [-0.2, 0) is 14.3 Å². The molecule has 0 saturated carbocycles. The second-order valence-electron chi connectivity index (χ2n) is 5.45. The molecule has 1 aromatic rings. The highest BCUT2D eigenvalue weighted by molar-refractivity contribution is 5.93. The molecule has 5 nitrogen and oxygen atoms in total. The molecule has 0 radical (unpaired) electrons. The van der Waals surface area contributed by atoms with Crippen LogP contribution in [0.4, 0.5) is 5.69 Å². The Hall–Kier alpha value is -1.88. The molecule has 5 heteroatoms. The summed E-state index contributed by atoms with van der Waals surface area (Å²) >= 11 is 0. The molecule has 1 amide bonds. The van der Waals surface area contributed by atoms with Crippen molar-refractivity contribution in [3.8, 4) is 0 Å². The monoisotopic (exact) mass is 290 g/mol. The van der Waals surface area contributed by atoms with Crippen LogP contribution < -0.4 is 5.32 Å². The maximum Gasteiger partial charge on any atom is 0.323 e. The van der Waals surface area contributed by atoms with E-state index in [9.17, 15) is 9.59 Å². The molecule has 1 heterocycles. The molecule has 0 aliphatic carbocycles. The van der Waals surface area contributed by atoms with E-state index in [-0.39, 0.29) is 24.5 Å². The van der Waals surface area contributed by atoms with Gasteiger partial charge in [-0.1, -0.05) is 12.1 Å². The minimum atomic E-state index is -0.292. The van der Waals surface area contributed by atoms with Crippen LogP contribution in [0.3, 0.4) is 0 Å². The molecular formula is C16H22N2O3.